The highest BCUT2D eigenvalue weighted by molar-refractivity contribution is 5.87. The Morgan fingerprint density at radius 1 is 1.14 bits per heavy atom. The van der Waals surface area contributed by atoms with Crippen molar-refractivity contribution in [3.63, 3.8) is 0 Å². The lowest BCUT2D eigenvalue weighted by atomic mass is 9.95. The minimum Gasteiger partial charge on any atom is -0.478 e. The SMILES string of the molecule is C=C/C=C\C.CC/C=C(/c1ccc(/C=C/C(=O)O)cc1)c1cccc(/C=N\N)c1. The van der Waals surface area contributed by atoms with Crippen LogP contribution in [0.15, 0.2) is 90.6 Å². The first-order chi connectivity index (χ1) is 14.0. The highest BCUT2D eigenvalue weighted by Gasteiger charge is 2.05. The number of benzene rings is 2. The first kappa shape index (κ1) is 23.4. The summed E-state index contributed by atoms with van der Waals surface area (Å²) in [7, 11) is 0. The third-order valence-electron chi connectivity index (χ3n) is 3.80. The van der Waals surface area contributed by atoms with Gasteiger partial charge in [-0.3, -0.25) is 0 Å². The number of carbonyl (C=O) groups is 1. The normalized spacial score (nSPS) is 11.6. The molecule has 0 saturated carbocycles. The van der Waals surface area contributed by atoms with Crippen LogP contribution >= 0.6 is 0 Å². The summed E-state index contributed by atoms with van der Waals surface area (Å²) in [5.41, 5.74) is 5.08. The smallest absolute Gasteiger partial charge is 0.328 e. The van der Waals surface area contributed by atoms with Gasteiger partial charge in [0.2, 0.25) is 0 Å². The molecule has 2 aromatic rings. The standard InChI is InChI=1S/C20H20N2O2.C5H8/c1-2-4-19(18-6-3-5-16(13-18)14-22-21)17-10-7-15(8-11-17)9-12-20(23)24;1-3-5-4-2/h3-14H,2,21H2,1H3,(H,23,24);3-5H,1H2,2H3/b12-9+,19-4-,22-14-;5-4-. The second kappa shape index (κ2) is 13.5. The lowest BCUT2D eigenvalue weighted by Gasteiger charge is -2.10. The largest absolute Gasteiger partial charge is 0.478 e. The van der Waals surface area contributed by atoms with Crippen LogP contribution in [0.4, 0.5) is 0 Å². The number of nitrogens with zero attached hydrogens (tertiary/aromatic N) is 1. The van der Waals surface area contributed by atoms with Crippen LogP contribution < -0.4 is 5.84 Å². The molecule has 0 radical (unpaired) electrons. The van der Waals surface area contributed by atoms with E-state index in [2.05, 4.69) is 24.7 Å². The van der Waals surface area contributed by atoms with E-state index in [0.29, 0.717) is 0 Å². The Morgan fingerprint density at radius 2 is 1.86 bits per heavy atom. The number of hydrogen-bond donors (Lipinski definition) is 2. The Morgan fingerprint density at radius 3 is 2.38 bits per heavy atom. The molecule has 0 atom stereocenters. The Hall–Kier alpha value is -3.66. The van der Waals surface area contributed by atoms with E-state index in [1.165, 1.54) is 0 Å². The number of hydrogen-bond acceptors (Lipinski definition) is 3. The van der Waals surface area contributed by atoms with Crippen LogP contribution in [0.25, 0.3) is 11.6 Å². The summed E-state index contributed by atoms with van der Waals surface area (Å²) >= 11 is 0. The van der Waals surface area contributed by atoms with Gasteiger partial charge in [0.05, 0.1) is 6.21 Å². The van der Waals surface area contributed by atoms with Gasteiger partial charge in [-0.25, -0.2) is 4.79 Å². The maximum atomic E-state index is 10.6. The third kappa shape index (κ3) is 8.71. The van der Waals surface area contributed by atoms with E-state index in [-0.39, 0.29) is 0 Å². The zero-order valence-electron chi connectivity index (χ0n) is 17.0. The van der Waals surface area contributed by atoms with Crippen molar-refractivity contribution >= 4 is 23.8 Å². The molecule has 0 aliphatic carbocycles. The van der Waals surface area contributed by atoms with Gasteiger partial charge in [-0.1, -0.05) is 80.3 Å². The Bertz CT molecular complexity index is 905. The number of carboxylic acids is 1. The summed E-state index contributed by atoms with van der Waals surface area (Å²) in [6.45, 7) is 7.52. The van der Waals surface area contributed by atoms with Gasteiger partial charge < -0.3 is 10.9 Å². The van der Waals surface area contributed by atoms with E-state index in [4.69, 9.17) is 10.9 Å². The number of aliphatic carboxylic acids is 1. The zero-order valence-corrected chi connectivity index (χ0v) is 17.0. The van der Waals surface area contributed by atoms with Crippen molar-refractivity contribution in [2.75, 3.05) is 0 Å². The van der Waals surface area contributed by atoms with E-state index in [1.807, 2.05) is 67.6 Å². The van der Waals surface area contributed by atoms with E-state index in [9.17, 15) is 4.79 Å². The first-order valence-corrected chi connectivity index (χ1v) is 9.34. The minimum absolute atomic E-state index is 0.848. The van der Waals surface area contributed by atoms with Crippen LogP contribution in [0.5, 0.6) is 0 Å². The van der Waals surface area contributed by atoms with Crippen molar-refractivity contribution in [3.8, 4) is 0 Å². The van der Waals surface area contributed by atoms with Gasteiger partial charge >= 0.3 is 5.97 Å². The van der Waals surface area contributed by atoms with Crippen molar-refractivity contribution in [2.45, 2.75) is 20.3 Å². The molecule has 0 unspecified atom stereocenters. The molecule has 0 aliphatic rings. The minimum atomic E-state index is -0.955. The summed E-state index contributed by atoms with van der Waals surface area (Å²) in [4.78, 5) is 10.6. The van der Waals surface area contributed by atoms with Gasteiger partial charge in [0.15, 0.2) is 0 Å². The fourth-order valence-corrected chi connectivity index (χ4v) is 2.56. The van der Waals surface area contributed by atoms with Gasteiger partial charge in [0.1, 0.15) is 0 Å². The maximum absolute atomic E-state index is 10.6. The molecule has 3 N–H and O–H groups in total. The zero-order chi connectivity index (χ0) is 21.5. The van der Waals surface area contributed by atoms with Crippen LogP contribution in [0.1, 0.15) is 42.5 Å². The maximum Gasteiger partial charge on any atom is 0.328 e. The van der Waals surface area contributed by atoms with E-state index >= 15 is 0 Å². The topological polar surface area (TPSA) is 75.7 Å². The molecule has 4 nitrogen and oxygen atoms in total. The Labute approximate surface area is 173 Å². The van der Waals surface area contributed by atoms with Crippen LogP contribution in [0, 0.1) is 0 Å². The average Bonchev–Trinajstić information content (AvgIpc) is 2.72. The van der Waals surface area contributed by atoms with Crippen LogP contribution in [-0.4, -0.2) is 17.3 Å². The van der Waals surface area contributed by atoms with Crippen molar-refractivity contribution in [2.24, 2.45) is 10.9 Å². The van der Waals surface area contributed by atoms with Crippen LogP contribution in [0.2, 0.25) is 0 Å². The van der Waals surface area contributed by atoms with Crippen LogP contribution in [0.3, 0.4) is 0 Å². The number of hydrazone groups is 1. The van der Waals surface area contributed by atoms with Gasteiger partial charge in [-0.15, -0.1) is 0 Å². The highest BCUT2D eigenvalue weighted by Crippen LogP contribution is 2.25. The lowest BCUT2D eigenvalue weighted by molar-refractivity contribution is -0.131. The van der Waals surface area contributed by atoms with Gasteiger partial charge in [0.25, 0.3) is 0 Å². The lowest BCUT2D eigenvalue weighted by Crippen LogP contribution is -1.92. The Balaban J connectivity index is 0.000000749. The van der Waals surface area contributed by atoms with Crippen molar-refractivity contribution < 1.29 is 9.90 Å². The van der Waals surface area contributed by atoms with E-state index in [0.717, 1.165) is 40.3 Å². The van der Waals surface area contributed by atoms with Gasteiger partial charge in [0, 0.05) is 6.08 Å². The summed E-state index contributed by atoms with van der Waals surface area (Å²) in [5, 5.41) is 12.3. The molecule has 0 amide bonds. The summed E-state index contributed by atoms with van der Waals surface area (Å²) < 4.78 is 0. The number of rotatable bonds is 7. The molecule has 0 aliphatic heterocycles. The molecule has 0 spiro atoms. The monoisotopic (exact) mass is 388 g/mol. The van der Waals surface area contributed by atoms with Crippen molar-refractivity contribution in [3.05, 3.63) is 108 Å². The third-order valence-corrected chi connectivity index (χ3v) is 3.80. The fraction of sp³-hybridized carbons (Fsp3) is 0.120. The first-order valence-electron chi connectivity index (χ1n) is 9.34. The predicted molar refractivity (Wildman–Crippen MR) is 124 cm³/mol. The second-order valence-corrected chi connectivity index (χ2v) is 5.98. The molecule has 0 fully saturated rings. The molecule has 0 saturated heterocycles. The molecule has 4 heteroatoms. The molecule has 150 valence electrons. The van der Waals surface area contributed by atoms with Gasteiger partial charge in [-0.2, -0.15) is 5.10 Å². The average molecular weight is 389 g/mol. The molecule has 0 bridgehead atoms. The van der Waals surface area contributed by atoms with Crippen LogP contribution in [-0.2, 0) is 4.79 Å². The molecular weight excluding hydrogens is 360 g/mol. The summed E-state index contributed by atoms with van der Waals surface area (Å²) in [6, 6.07) is 15.8. The molecule has 2 rings (SSSR count). The number of carboxylic acid groups (broad SMARTS) is 1. The van der Waals surface area contributed by atoms with E-state index < -0.39 is 5.97 Å². The number of nitrogens with two attached hydrogens (primary N) is 1. The summed E-state index contributed by atoms with van der Waals surface area (Å²) in [6.07, 6.45) is 13.0. The quantitative estimate of drug-likeness (QED) is 0.211. The number of allylic oxidation sites excluding steroid dienone is 4. The fourth-order valence-electron chi connectivity index (χ4n) is 2.56. The second-order valence-electron chi connectivity index (χ2n) is 5.98. The highest BCUT2D eigenvalue weighted by atomic mass is 16.4. The molecule has 0 aromatic heterocycles. The Kier molecular flexibility index (Phi) is 10.9. The molecule has 29 heavy (non-hydrogen) atoms. The molecular formula is C25H28N2O2. The van der Waals surface area contributed by atoms with Gasteiger partial charge in [-0.05, 0) is 53.3 Å². The van der Waals surface area contributed by atoms with Crippen molar-refractivity contribution in [1.29, 1.82) is 0 Å². The summed E-state index contributed by atoms with van der Waals surface area (Å²) in [5.74, 6) is 4.27. The van der Waals surface area contributed by atoms with Crippen molar-refractivity contribution in [1.82, 2.24) is 0 Å². The molecule has 2 aromatic carbocycles. The predicted octanol–water partition coefficient (Wildman–Crippen LogP) is 5.67. The molecule has 0 heterocycles. The van der Waals surface area contributed by atoms with E-state index in [1.54, 1.807) is 18.4 Å².